The fourth-order valence-corrected chi connectivity index (χ4v) is 3.22. The van der Waals surface area contributed by atoms with Crippen molar-refractivity contribution in [2.24, 2.45) is 0 Å². The lowest BCUT2D eigenvalue weighted by molar-refractivity contribution is -0.112. The number of aromatic nitrogens is 1. The van der Waals surface area contributed by atoms with Gasteiger partial charge in [0.05, 0.1) is 5.69 Å². The molecule has 0 saturated carbocycles. The fraction of sp³-hybridized carbons (Fsp3) is 0.0556. The highest BCUT2D eigenvalue weighted by Gasteiger charge is 2.10. The number of carbonyl (C=O) groups is 1. The molecule has 0 fully saturated rings. The lowest BCUT2D eigenvalue weighted by Crippen LogP contribution is -1.82. The summed E-state index contributed by atoms with van der Waals surface area (Å²) >= 11 is 1.71. The summed E-state index contributed by atoms with van der Waals surface area (Å²) in [6, 6.07) is 18.4. The topological polar surface area (TPSA) is 32.9 Å². The van der Waals surface area contributed by atoms with Gasteiger partial charge in [-0.25, -0.2) is 0 Å². The maximum Gasteiger partial charge on any atom is 0.152 e. The molecule has 0 unspecified atom stereocenters. The Kier molecular flexibility index (Phi) is 3.93. The number of carbonyl (C=O) groups excluding carboxylic acids is 1. The van der Waals surface area contributed by atoms with Gasteiger partial charge in [0.2, 0.25) is 0 Å². The number of allylic oxidation sites excluding steroid dienone is 1. The van der Waals surface area contributed by atoms with Gasteiger partial charge in [0.25, 0.3) is 0 Å². The Balaban J connectivity index is 2.09. The highest BCUT2D eigenvalue weighted by molar-refractivity contribution is 7.99. The van der Waals surface area contributed by atoms with E-state index in [1.54, 1.807) is 24.8 Å². The molecule has 2 nitrogen and oxygen atoms in total. The maximum atomic E-state index is 11.2. The van der Waals surface area contributed by atoms with Gasteiger partial charge in [-0.15, -0.1) is 0 Å². The molecule has 0 atom stereocenters. The molecule has 1 N–H and O–H groups in total. The number of rotatable bonds is 4. The molecule has 1 aromatic heterocycles. The molecule has 0 aliphatic rings. The van der Waals surface area contributed by atoms with Gasteiger partial charge in [0.1, 0.15) is 0 Å². The minimum atomic E-state index is 0.0457. The monoisotopic (exact) mass is 293 g/mol. The van der Waals surface area contributed by atoms with E-state index in [1.165, 1.54) is 10.3 Å². The molecule has 0 aliphatic carbocycles. The van der Waals surface area contributed by atoms with Crippen LogP contribution in [-0.2, 0) is 4.79 Å². The smallest absolute Gasteiger partial charge is 0.152 e. The molecule has 3 heteroatoms. The number of hydrogen-bond acceptors (Lipinski definition) is 2. The molecule has 0 bridgehead atoms. The van der Waals surface area contributed by atoms with Crippen LogP contribution in [0.15, 0.2) is 70.5 Å². The summed E-state index contributed by atoms with van der Waals surface area (Å²) in [5.41, 5.74) is 2.05. The average molecular weight is 293 g/mol. The molecule has 0 spiro atoms. The number of ketones is 1. The van der Waals surface area contributed by atoms with Crippen LogP contribution in [0.3, 0.4) is 0 Å². The largest absolute Gasteiger partial charge is 0.354 e. The summed E-state index contributed by atoms with van der Waals surface area (Å²) in [6.45, 7) is 1.56. The predicted octanol–water partition coefficient (Wildman–Crippen LogP) is 4.92. The first kappa shape index (κ1) is 13.7. The Labute approximate surface area is 127 Å². The van der Waals surface area contributed by atoms with Crippen LogP contribution in [0, 0.1) is 0 Å². The van der Waals surface area contributed by atoms with Crippen LogP contribution in [0.4, 0.5) is 0 Å². The zero-order valence-corrected chi connectivity index (χ0v) is 12.5. The number of H-pyrrole nitrogens is 1. The number of benzene rings is 2. The second-order valence-corrected chi connectivity index (χ2v) is 5.86. The summed E-state index contributed by atoms with van der Waals surface area (Å²) in [4.78, 5) is 16.9. The average Bonchev–Trinajstić information content (AvgIpc) is 2.84. The van der Waals surface area contributed by atoms with Crippen LogP contribution in [0.25, 0.3) is 17.0 Å². The molecule has 0 aliphatic heterocycles. The third-order valence-electron chi connectivity index (χ3n) is 3.13. The highest BCUT2D eigenvalue weighted by atomic mass is 32.2. The van der Waals surface area contributed by atoms with Crippen molar-refractivity contribution >= 4 is 34.5 Å². The highest BCUT2D eigenvalue weighted by Crippen LogP contribution is 2.37. The first-order chi connectivity index (χ1) is 10.2. The van der Waals surface area contributed by atoms with Gasteiger partial charge in [-0.2, -0.15) is 0 Å². The van der Waals surface area contributed by atoms with Crippen LogP contribution >= 0.6 is 11.8 Å². The summed E-state index contributed by atoms with van der Waals surface area (Å²) in [6.07, 6.45) is 3.45. The first-order valence-electron chi connectivity index (χ1n) is 6.76. The fourth-order valence-electron chi connectivity index (χ4n) is 2.17. The van der Waals surface area contributed by atoms with Crippen LogP contribution in [0.5, 0.6) is 0 Å². The number of hydrogen-bond donors (Lipinski definition) is 1. The van der Waals surface area contributed by atoms with E-state index in [1.807, 2.05) is 36.4 Å². The second-order valence-electron chi connectivity index (χ2n) is 4.77. The van der Waals surface area contributed by atoms with Gasteiger partial charge in [0.15, 0.2) is 5.78 Å². The molecule has 0 saturated heterocycles. The van der Waals surface area contributed by atoms with Crippen LogP contribution in [-0.4, -0.2) is 10.8 Å². The Morgan fingerprint density at radius 1 is 1.05 bits per heavy atom. The van der Waals surface area contributed by atoms with E-state index in [4.69, 9.17) is 0 Å². The molecule has 1 heterocycles. The van der Waals surface area contributed by atoms with Crippen molar-refractivity contribution in [2.45, 2.75) is 16.7 Å². The van der Waals surface area contributed by atoms with Gasteiger partial charge in [-0.05, 0) is 37.3 Å². The number of fused-ring (bicyclic) bond motifs is 1. The van der Waals surface area contributed by atoms with E-state index in [0.29, 0.717) is 0 Å². The van der Waals surface area contributed by atoms with E-state index in [2.05, 4.69) is 29.2 Å². The van der Waals surface area contributed by atoms with Crippen LogP contribution in [0.1, 0.15) is 12.6 Å². The summed E-state index contributed by atoms with van der Waals surface area (Å²) < 4.78 is 0. The summed E-state index contributed by atoms with van der Waals surface area (Å²) in [5, 5.41) is 1.18. The molecule has 3 aromatic rings. The van der Waals surface area contributed by atoms with Crippen molar-refractivity contribution in [3.05, 3.63) is 66.4 Å². The molecule has 104 valence electrons. The SMILES string of the molecule is CC(=O)/C=C/c1[nH]c2ccccc2c1Sc1ccccc1. The first-order valence-corrected chi connectivity index (χ1v) is 7.58. The molecule has 0 amide bonds. The van der Waals surface area contributed by atoms with Crippen molar-refractivity contribution in [3.63, 3.8) is 0 Å². The number of para-hydroxylation sites is 1. The third-order valence-corrected chi connectivity index (χ3v) is 4.29. The molecule has 21 heavy (non-hydrogen) atoms. The lowest BCUT2D eigenvalue weighted by Gasteiger charge is -2.02. The van der Waals surface area contributed by atoms with Crippen molar-refractivity contribution < 1.29 is 4.79 Å². The molecule has 2 aromatic carbocycles. The summed E-state index contributed by atoms with van der Waals surface area (Å²) in [7, 11) is 0. The standard InChI is InChI=1S/C18H15NOS/c1-13(20)11-12-17-18(21-14-7-3-2-4-8-14)15-9-5-6-10-16(15)19-17/h2-12,19H,1H3/b12-11+. The van der Waals surface area contributed by atoms with E-state index in [9.17, 15) is 4.79 Å². The van der Waals surface area contributed by atoms with Gasteiger partial charge in [0, 0.05) is 20.7 Å². The minimum Gasteiger partial charge on any atom is -0.354 e. The van der Waals surface area contributed by atoms with Crippen LogP contribution in [0.2, 0.25) is 0 Å². The predicted molar refractivity (Wildman–Crippen MR) is 88.6 cm³/mol. The van der Waals surface area contributed by atoms with Crippen molar-refractivity contribution in [1.82, 2.24) is 4.98 Å². The zero-order chi connectivity index (χ0) is 14.7. The second kappa shape index (κ2) is 6.02. The van der Waals surface area contributed by atoms with Gasteiger partial charge < -0.3 is 4.98 Å². The maximum absolute atomic E-state index is 11.2. The Hall–Kier alpha value is -2.26. The molecular weight excluding hydrogens is 278 g/mol. The Morgan fingerprint density at radius 3 is 2.52 bits per heavy atom. The zero-order valence-electron chi connectivity index (χ0n) is 11.7. The van der Waals surface area contributed by atoms with E-state index >= 15 is 0 Å². The summed E-state index contributed by atoms with van der Waals surface area (Å²) in [5.74, 6) is 0.0457. The molecule has 0 radical (unpaired) electrons. The lowest BCUT2D eigenvalue weighted by atomic mass is 10.2. The van der Waals surface area contributed by atoms with E-state index < -0.39 is 0 Å². The Bertz CT molecular complexity index is 802. The minimum absolute atomic E-state index is 0.0457. The van der Waals surface area contributed by atoms with Crippen molar-refractivity contribution in [2.75, 3.05) is 0 Å². The van der Waals surface area contributed by atoms with E-state index in [0.717, 1.165) is 16.1 Å². The van der Waals surface area contributed by atoms with E-state index in [-0.39, 0.29) is 5.78 Å². The van der Waals surface area contributed by atoms with Crippen molar-refractivity contribution in [1.29, 1.82) is 0 Å². The van der Waals surface area contributed by atoms with Gasteiger partial charge in [-0.1, -0.05) is 48.2 Å². The normalized spacial score (nSPS) is 11.3. The number of aromatic amines is 1. The third kappa shape index (κ3) is 3.09. The van der Waals surface area contributed by atoms with Crippen LogP contribution < -0.4 is 0 Å². The van der Waals surface area contributed by atoms with Gasteiger partial charge >= 0.3 is 0 Å². The quantitative estimate of drug-likeness (QED) is 0.692. The molecular formula is C18H15NOS. The van der Waals surface area contributed by atoms with Crippen molar-refractivity contribution in [3.8, 4) is 0 Å². The Morgan fingerprint density at radius 2 is 1.76 bits per heavy atom. The molecule has 3 rings (SSSR count). The number of nitrogens with one attached hydrogen (secondary N) is 1. The van der Waals surface area contributed by atoms with Gasteiger partial charge in [-0.3, -0.25) is 4.79 Å².